The number of piperidine rings is 1. The van der Waals surface area contributed by atoms with Crippen LogP contribution >= 0.6 is 11.3 Å². The smallest absolute Gasteiger partial charge is 0.282 e. The number of hydrogen-bond donors (Lipinski definition) is 1. The molecule has 7 nitrogen and oxygen atoms in total. The van der Waals surface area contributed by atoms with Crippen molar-refractivity contribution in [3.63, 3.8) is 0 Å². The molecule has 3 aromatic rings. The Kier molecular flexibility index (Phi) is 5.23. The Hall–Kier alpha value is -2.94. The summed E-state index contributed by atoms with van der Waals surface area (Å²) < 4.78 is 19.3. The number of methoxy groups -OCH3 is 1. The highest BCUT2D eigenvalue weighted by Gasteiger charge is 2.28. The number of nitrogens with zero attached hydrogens (tertiary/aromatic N) is 3. The molecule has 2 N–H and O–H groups in total. The maximum atomic E-state index is 13.2. The lowest BCUT2D eigenvalue weighted by Crippen LogP contribution is -2.40. The zero-order valence-corrected chi connectivity index (χ0v) is 16.7. The highest BCUT2D eigenvalue weighted by atomic mass is 32.1. The van der Waals surface area contributed by atoms with Crippen molar-refractivity contribution in [1.82, 2.24) is 14.7 Å². The molecular weight excluding hydrogens is 395 g/mol. The van der Waals surface area contributed by atoms with Gasteiger partial charge >= 0.3 is 0 Å². The molecule has 4 rings (SSSR count). The summed E-state index contributed by atoms with van der Waals surface area (Å²) in [6.07, 6.45) is 1.24. The number of carbonyl (C=O) groups is 1. The second-order valence-corrected chi connectivity index (χ2v) is 7.95. The predicted molar refractivity (Wildman–Crippen MR) is 111 cm³/mol. The molecule has 0 unspecified atom stereocenters. The van der Waals surface area contributed by atoms with E-state index in [4.69, 9.17) is 10.5 Å². The molecule has 0 spiro atoms. The van der Waals surface area contributed by atoms with Crippen LogP contribution in [0, 0.1) is 5.92 Å². The molecule has 1 aliphatic rings. The minimum atomic E-state index is -0.378. The summed E-state index contributed by atoms with van der Waals surface area (Å²) in [6.45, 7) is 0.573. The van der Waals surface area contributed by atoms with Crippen molar-refractivity contribution in [1.29, 1.82) is 0 Å². The van der Waals surface area contributed by atoms with Crippen molar-refractivity contribution in [3.05, 3.63) is 45.7 Å². The van der Waals surface area contributed by atoms with Crippen molar-refractivity contribution >= 4 is 33.0 Å². The van der Waals surface area contributed by atoms with E-state index >= 15 is 0 Å². The van der Waals surface area contributed by atoms with Gasteiger partial charge in [-0.15, -0.1) is 11.3 Å². The normalized spacial score (nSPS) is 15.0. The molecule has 1 saturated heterocycles. The third-order valence-electron chi connectivity index (χ3n) is 5.32. The van der Waals surface area contributed by atoms with E-state index in [1.54, 1.807) is 41.7 Å². The molecule has 1 aliphatic heterocycles. The first-order chi connectivity index (χ1) is 14.0. The Balaban J connectivity index is 1.80. The van der Waals surface area contributed by atoms with Gasteiger partial charge in [0, 0.05) is 23.9 Å². The van der Waals surface area contributed by atoms with E-state index in [9.17, 15) is 14.0 Å². The average molecular weight is 416 g/mol. The Morgan fingerprint density at radius 1 is 1.31 bits per heavy atom. The van der Waals surface area contributed by atoms with Gasteiger partial charge in [0.15, 0.2) is 5.69 Å². The number of halogens is 1. The number of aromatic nitrogens is 2. The fraction of sp³-hybridized carbons (Fsp3) is 0.350. The van der Waals surface area contributed by atoms with Gasteiger partial charge in [0.05, 0.1) is 29.9 Å². The van der Waals surface area contributed by atoms with E-state index < -0.39 is 0 Å². The van der Waals surface area contributed by atoms with Crippen LogP contribution in [-0.2, 0) is 0 Å². The summed E-state index contributed by atoms with van der Waals surface area (Å²) in [5.41, 5.74) is 6.36. The Morgan fingerprint density at radius 3 is 2.62 bits per heavy atom. The fourth-order valence-electron chi connectivity index (χ4n) is 3.57. The number of carbonyl (C=O) groups excluding carboxylic acids is 1. The second-order valence-electron chi connectivity index (χ2n) is 7.04. The number of thiophene rings is 1. The summed E-state index contributed by atoms with van der Waals surface area (Å²) in [7, 11) is 1.56. The van der Waals surface area contributed by atoms with Gasteiger partial charge in [-0.1, -0.05) is 0 Å². The molecule has 0 bridgehead atoms. The van der Waals surface area contributed by atoms with Gasteiger partial charge in [0.1, 0.15) is 5.75 Å². The minimum absolute atomic E-state index is 0.00271. The number of hydrogen-bond acceptors (Lipinski definition) is 6. The van der Waals surface area contributed by atoms with Crippen molar-refractivity contribution in [2.24, 2.45) is 5.92 Å². The Morgan fingerprint density at radius 2 is 2.00 bits per heavy atom. The third kappa shape index (κ3) is 3.46. The lowest BCUT2D eigenvalue weighted by Gasteiger charge is -2.30. The Bertz CT molecular complexity index is 1100. The van der Waals surface area contributed by atoms with Crippen LogP contribution in [-0.4, -0.2) is 47.5 Å². The van der Waals surface area contributed by atoms with Crippen LogP contribution < -0.4 is 16.0 Å². The minimum Gasteiger partial charge on any atom is -0.497 e. The number of rotatable bonds is 4. The second kappa shape index (κ2) is 7.82. The van der Waals surface area contributed by atoms with E-state index in [1.807, 2.05) is 0 Å². The zero-order valence-electron chi connectivity index (χ0n) is 15.9. The largest absolute Gasteiger partial charge is 0.497 e. The molecule has 0 atom stereocenters. The lowest BCUT2D eigenvalue weighted by atomic mass is 9.98. The number of ether oxygens (including phenoxy) is 1. The van der Waals surface area contributed by atoms with Gasteiger partial charge in [-0.25, -0.2) is 0 Å². The van der Waals surface area contributed by atoms with Crippen LogP contribution in [0.5, 0.6) is 5.75 Å². The molecule has 1 fully saturated rings. The van der Waals surface area contributed by atoms with Gasteiger partial charge in [-0.3, -0.25) is 14.0 Å². The molecule has 152 valence electrons. The topological polar surface area (TPSA) is 90.5 Å². The first-order valence-corrected chi connectivity index (χ1v) is 10.2. The molecule has 0 saturated carbocycles. The Labute approximate surface area is 170 Å². The number of benzene rings is 1. The monoisotopic (exact) mass is 416 g/mol. The van der Waals surface area contributed by atoms with Crippen molar-refractivity contribution < 1.29 is 13.9 Å². The van der Waals surface area contributed by atoms with Crippen LogP contribution in [0.3, 0.4) is 0 Å². The maximum Gasteiger partial charge on any atom is 0.282 e. The van der Waals surface area contributed by atoms with Crippen LogP contribution in [0.4, 0.5) is 9.39 Å². The standard InChI is InChI=1S/C20H21FN4O3S/c1-28-14-4-2-13(3-5-14)25-19(26)16-15(11-29-18(16)22)17(23-25)20(27)24-8-6-12(10-21)7-9-24/h2-5,11-12H,6-10,22H2,1H3. The number of amides is 1. The quantitative estimate of drug-likeness (QED) is 0.706. The average Bonchev–Trinajstić information content (AvgIpc) is 3.16. The molecular formula is C20H21FN4O3S. The van der Waals surface area contributed by atoms with Crippen molar-refractivity contribution in [2.45, 2.75) is 12.8 Å². The summed E-state index contributed by atoms with van der Waals surface area (Å²) >= 11 is 1.21. The van der Waals surface area contributed by atoms with E-state index in [0.717, 1.165) is 0 Å². The third-order valence-corrected chi connectivity index (χ3v) is 6.13. The molecule has 9 heteroatoms. The molecule has 0 radical (unpaired) electrons. The SMILES string of the molecule is COc1ccc(-n2nc(C(=O)N3CCC(CF)CC3)c3csc(N)c3c2=O)cc1. The van der Waals surface area contributed by atoms with Gasteiger partial charge in [0.25, 0.3) is 11.5 Å². The molecule has 3 heterocycles. The van der Waals surface area contributed by atoms with Crippen LogP contribution in [0.1, 0.15) is 23.3 Å². The van der Waals surface area contributed by atoms with Crippen LogP contribution in [0.25, 0.3) is 16.5 Å². The summed E-state index contributed by atoms with van der Waals surface area (Å²) in [6, 6.07) is 6.83. The number of alkyl halides is 1. The number of anilines is 1. The van der Waals surface area contributed by atoms with E-state index in [1.165, 1.54) is 16.0 Å². The molecule has 29 heavy (non-hydrogen) atoms. The number of nitrogens with two attached hydrogens (primary N) is 1. The summed E-state index contributed by atoms with van der Waals surface area (Å²) in [4.78, 5) is 27.9. The molecule has 2 aromatic heterocycles. The van der Waals surface area contributed by atoms with Crippen molar-refractivity contribution in [2.75, 3.05) is 32.6 Å². The lowest BCUT2D eigenvalue weighted by molar-refractivity contribution is 0.0672. The van der Waals surface area contributed by atoms with Gasteiger partial charge < -0.3 is 15.4 Å². The van der Waals surface area contributed by atoms with Gasteiger partial charge in [-0.05, 0) is 43.0 Å². The number of nitrogen functional groups attached to an aromatic ring is 1. The van der Waals surface area contributed by atoms with E-state index in [0.29, 0.717) is 53.1 Å². The highest BCUT2D eigenvalue weighted by Crippen LogP contribution is 2.29. The molecule has 1 aromatic carbocycles. The predicted octanol–water partition coefficient (Wildman–Crippen LogP) is 2.86. The van der Waals surface area contributed by atoms with E-state index in [2.05, 4.69) is 5.10 Å². The highest BCUT2D eigenvalue weighted by molar-refractivity contribution is 7.15. The van der Waals surface area contributed by atoms with Crippen LogP contribution in [0.2, 0.25) is 0 Å². The van der Waals surface area contributed by atoms with Crippen LogP contribution in [0.15, 0.2) is 34.4 Å². The number of fused-ring (bicyclic) bond motifs is 1. The first-order valence-electron chi connectivity index (χ1n) is 9.33. The summed E-state index contributed by atoms with van der Waals surface area (Å²) in [5.74, 6) is 0.370. The van der Waals surface area contributed by atoms with Crippen molar-refractivity contribution in [3.8, 4) is 11.4 Å². The molecule has 1 amide bonds. The number of likely N-dealkylation sites (tertiary alicyclic amines) is 1. The first kappa shape index (κ1) is 19.4. The molecule has 0 aliphatic carbocycles. The maximum absolute atomic E-state index is 13.2. The summed E-state index contributed by atoms with van der Waals surface area (Å²) in [5, 5.41) is 7.20. The van der Waals surface area contributed by atoms with E-state index in [-0.39, 0.29) is 29.8 Å². The zero-order chi connectivity index (χ0) is 20.5. The van der Waals surface area contributed by atoms with Gasteiger partial charge in [0.2, 0.25) is 0 Å². The van der Waals surface area contributed by atoms with Gasteiger partial charge in [-0.2, -0.15) is 9.78 Å². The fourth-order valence-corrected chi connectivity index (χ4v) is 4.36.